The zero-order valence-corrected chi connectivity index (χ0v) is 12.0. The zero-order chi connectivity index (χ0) is 19.4. The largest absolute Gasteiger partial charge is 0.507 e. The van der Waals surface area contributed by atoms with E-state index in [1.54, 1.807) is 0 Å². The first kappa shape index (κ1) is 20.1. The lowest BCUT2D eigenvalue weighted by Gasteiger charge is -2.07. The third-order valence-corrected chi connectivity index (χ3v) is 2.73. The second kappa shape index (κ2) is 7.28. The Balaban J connectivity index is 0.000000257. The number of nitro benzene ring substituents is 1. The average molecular weight is 369 g/mol. The summed E-state index contributed by atoms with van der Waals surface area (Å²) in [5.41, 5.74) is -3.37. The van der Waals surface area contributed by atoms with Gasteiger partial charge in [-0.05, 0) is 18.2 Å². The summed E-state index contributed by atoms with van der Waals surface area (Å²) in [6, 6.07) is 6.62. The number of hydrogen-bond acceptors (Lipinski definition) is 4. The van der Waals surface area contributed by atoms with Crippen LogP contribution in [-0.4, -0.2) is 15.1 Å². The molecule has 25 heavy (non-hydrogen) atoms. The second-order valence-corrected chi connectivity index (χ2v) is 4.44. The van der Waals surface area contributed by atoms with Gasteiger partial charge in [-0.3, -0.25) is 10.1 Å². The summed E-state index contributed by atoms with van der Waals surface area (Å²) in [6.07, 6.45) is -9.26. The molecule has 11 heteroatoms. The van der Waals surface area contributed by atoms with Gasteiger partial charge in [0.1, 0.15) is 11.3 Å². The first-order valence-electron chi connectivity index (χ1n) is 6.24. The van der Waals surface area contributed by atoms with E-state index in [0.717, 1.165) is 24.3 Å². The minimum absolute atomic E-state index is 0.572. The van der Waals surface area contributed by atoms with Crippen molar-refractivity contribution in [1.82, 2.24) is 0 Å². The van der Waals surface area contributed by atoms with E-state index >= 15 is 0 Å². The molecule has 0 saturated carbocycles. The lowest BCUT2D eigenvalue weighted by molar-refractivity contribution is -0.386. The molecule has 2 aromatic carbocycles. The number of aromatic hydroxyl groups is 2. The predicted octanol–water partition coefficient (Wildman–Crippen LogP) is 4.73. The highest BCUT2D eigenvalue weighted by molar-refractivity contribution is 5.51. The lowest BCUT2D eigenvalue weighted by Crippen LogP contribution is -2.06. The normalized spacial score (nSPS) is 11.4. The predicted molar refractivity (Wildman–Crippen MR) is 72.9 cm³/mol. The Hall–Kier alpha value is -2.98. The number of alkyl halides is 6. The number of nitro groups is 1. The minimum Gasteiger partial charge on any atom is -0.507 e. The number of phenols is 2. The molecule has 0 amide bonds. The standard InChI is InChI=1S/C7H4F3NO3.C7H5F3O/c8-7(9,10)4-2-1-3-5(6(4)12)11(13)14;8-7(9,10)5-3-1-2-4-6(5)11/h1-3,12H;1-4,11H. The summed E-state index contributed by atoms with van der Waals surface area (Å²) in [4.78, 5) is 9.10. The first-order chi connectivity index (χ1) is 11.4. The zero-order valence-electron chi connectivity index (χ0n) is 12.0. The van der Waals surface area contributed by atoms with Crippen LogP contribution in [0.3, 0.4) is 0 Å². The molecule has 0 fully saturated rings. The topological polar surface area (TPSA) is 83.6 Å². The number of para-hydroxylation sites is 2. The van der Waals surface area contributed by atoms with Crippen LogP contribution in [-0.2, 0) is 12.4 Å². The quantitative estimate of drug-likeness (QED) is 0.432. The molecule has 0 unspecified atom stereocenters. The van der Waals surface area contributed by atoms with Gasteiger partial charge in [0.05, 0.1) is 10.5 Å². The molecule has 0 aliphatic heterocycles. The van der Waals surface area contributed by atoms with Gasteiger partial charge in [-0.1, -0.05) is 18.2 Å². The summed E-state index contributed by atoms with van der Waals surface area (Å²) in [6.45, 7) is 0. The van der Waals surface area contributed by atoms with Crippen molar-refractivity contribution in [3.05, 3.63) is 63.7 Å². The Bertz CT molecular complexity index is 758. The van der Waals surface area contributed by atoms with Crippen LogP contribution >= 0.6 is 0 Å². The molecule has 2 aromatic rings. The van der Waals surface area contributed by atoms with Crippen molar-refractivity contribution in [3.63, 3.8) is 0 Å². The summed E-state index contributed by atoms with van der Waals surface area (Å²) in [5, 5.41) is 27.8. The molecular formula is C14H9F6NO4. The average Bonchev–Trinajstić information content (AvgIpc) is 2.45. The third-order valence-electron chi connectivity index (χ3n) is 2.73. The van der Waals surface area contributed by atoms with Gasteiger partial charge >= 0.3 is 18.0 Å². The second-order valence-electron chi connectivity index (χ2n) is 4.44. The van der Waals surface area contributed by atoms with Crippen molar-refractivity contribution in [1.29, 1.82) is 0 Å². The van der Waals surface area contributed by atoms with Crippen molar-refractivity contribution in [2.45, 2.75) is 12.4 Å². The molecule has 0 aliphatic rings. The summed E-state index contributed by atoms with van der Waals surface area (Å²) >= 11 is 0. The van der Waals surface area contributed by atoms with Crippen molar-refractivity contribution < 1.29 is 41.5 Å². The highest BCUT2D eigenvalue weighted by Crippen LogP contribution is 2.40. The molecular weight excluding hydrogens is 360 g/mol. The maximum atomic E-state index is 12.1. The molecule has 0 atom stereocenters. The van der Waals surface area contributed by atoms with Crippen LogP contribution in [0.5, 0.6) is 11.5 Å². The molecule has 2 N–H and O–H groups in total. The van der Waals surface area contributed by atoms with Gasteiger partial charge in [-0.2, -0.15) is 26.3 Å². The van der Waals surface area contributed by atoms with Gasteiger partial charge in [-0.15, -0.1) is 0 Å². The van der Waals surface area contributed by atoms with Gasteiger partial charge in [0.2, 0.25) is 5.75 Å². The molecule has 0 saturated heterocycles. The molecule has 136 valence electrons. The Morgan fingerprint density at radius 1 is 0.800 bits per heavy atom. The molecule has 0 spiro atoms. The Morgan fingerprint density at radius 2 is 1.28 bits per heavy atom. The van der Waals surface area contributed by atoms with E-state index < -0.39 is 45.6 Å². The third kappa shape index (κ3) is 5.26. The van der Waals surface area contributed by atoms with E-state index in [9.17, 15) is 36.5 Å². The van der Waals surface area contributed by atoms with Crippen LogP contribution in [0.2, 0.25) is 0 Å². The molecule has 5 nitrogen and oxygen atoms in total. The van der Waals surface area contributed by atoms with Crippen molar-refractivity contribution in [2.24, 2.45) is 0 Å². The van der Waals surface area contributed by atoms with Gasteiger partial charge in [-0.25, -0.2) is 0 Å². The Kier molecular flexibility index (Phi) is 5.84. The monoisotopic (exact) mass is 369 g/mol. The maximum Gasteiger partial charge on any atom is 0.420 e. The summed E-state index contributed by atoms with van der Waals surface area (Å²) in [7, 11) is 0. The molecule has 0 radical (unpaired) electrons. The van der Waals surface area contributed by atoms with E-state index in [0.29, 0.717) is 6.07 Å². The molecule has 0 aromatic heterocycles. The maximum absolute atomic E-state index is 12.1. The van der Waals surface area contributed by atoms with Crippen LogP contribution < -0.4 is 0 Å². The Labute approximate surface area is 135 Å². The first-order valence-corrected chi connectivity index (χ1v) is 6.24. The highest BCUT2D eigenvalue weighted by Gasteiger charge is 2.36. The van der Waals surface area contributed by atoms with E-state index in [4.69, 9.17) is 10.2 Å². The van der Waals surface area contributed by atoms with Crippen LogP contribution in [0.15, 0.2) is 42.5 Å². The van der Waals surface area contributed by atoms with Crippen LogP contribution in [0, 0.1) is 10.1 Å². The Morgan fingerprint density at radius 3 is 1.68 bits per heavy atom. The fraction of sp³-hybridized carbons (Fsp3) is 0.143. The molecule has 0 bridgehead atoms. The van der Waals surface area contributed by atoms with Crippen molar-refractivity contribution in [3.8, 4) is 11.5 Å². The highest BCUT2D eigenvalue weighted by atomic mass is 19.4. The number of phenolic OH excluding ortho intramolecular Hbond substituents is 2. The van der Waals surface area contributed by atoms with Crippen molar-refractivity contribution >= 4 is 5.69 Å². The number of halogens is 6. The fourth-order valence-corrected chi connectivity index (χ4v) is 1.62. The number of rotatable bonds is 1. The molecule has 2 rings (SSSR count). The lowest BCUT2D eigenvalue weighted by atomic mass is 10.1. The molecule has 0 aliphatic carbocycles. The number of hydrogen-bond donors (Lipinski definition) is 2. The van der Waals surface area contributed by atoms with Crippen LogP contribution in [0.1, 0.15) is 11.1 Å². The van der Waals surface area contributed by atoms with Crippen LogP contribution in [0.25, 0.3) is 0 Å². The van der Waals surface area contributed by atoms with E-state index in [1.807, 2.05) is 0 Å². The van der Waals surface area contributed by atoms with Gasteiger partial charge in [0, 0.05) is 6.07 Å². The van der Waals surface area contributed by atoms with Gasteiger partial charge in [0.25, 0.3) is 0 Å². The number of nitrogens with zero attached hydrogens (tertiary/aromatic N) is 1. The SMILES string of the molecule is O=[N+]([O-])c1cccc(C(F)(F)F)c1O.Oc1ccccc1C(F)(F)F. The number of benzene rings is 2. The van der Waals surface area contributed by atoms with Gasteiger partial charge < -0.3 is 10.2 Å². The van der Waals surface area contributed by atoms with E-state index in [1.165, 1.54) is 12.1 Å². The molecule has 0 heterocycles. The smallest absolute Gasteiger partial charge is 0.420 e. The van der Waals surface area contributed by atoms with E-state index in [2.05, 4.69) is 0 Å². The summed E-state index contributed by atoms with van der Waals surface area (Å²) in [5.74, 6) is -2.09. The minimum atomic E-state index is -4.80. The summed E-state index contributed by atoms with van der Waals surface area (Å²) < 4.78 is 72.0. The van der Waals surface area contributed by atoms with Gasteiger partial charge in [0.15, 0.2) is 0 Å². The fourth-order valence-electron chi connectivity index (χ4n) is 1.62. The van der Waals surface area contributed by atoms with E-state index in [-0.39, 0.29) is 0 Å². The van der Waals surface area contributed by atoms with Crippen LogP contribution in [0.4, 0.5) is 32.0 Å². The van der Waals surface area contributed by atoms with Crippen molar-refractivity contribution in [2.75, 3.05) is 0 Å².